The second-order valence-corrected chi connectivity index (χ2v) is 8.89. The van der Waals surface area contributed by atoms with Gasteiger partial charge in [0.1, 0.15) is 0 Å². The van der Waals surface area contributed by atoms with Gasteiger partial charge in [-0.25, -0.2) is 0 Å². The molecule has 1 aromatic heterocycles. The van der Waals surface area contributed by atoms with Crippen molar-refractivity contribution in [2.45, 2.75) is 78.2 Å². The van der Waals surface area contributed by atoms with Crippen molar-refractivity contribution < 1.29 is 4.79 Å². The number of hydrogen-bond acceptors (Lipinski definition) is 2. The van der Waals surface area contributed by atoms with Crippen LogP contribution in [-0.4, -0.2) is 22.2 Å². The molecule has 1 aromatic carbocycles. The lowest BCUT2D eigenvalue weighted by Crippen LogP contribution is -2.42. The fourth-order valence-electron chi connectivity index (χ4n) is 4.59. The number of nitrogens with zero attached hydrogens (tertiary/aromatic N) is 2. The summed E-state index contributed by atoms with van der Waals surface area (Å²) in [6.07, 6.45) is 6.51. The predicted molar refractivity (Wildman–Crippen MR) is 114 cm³/mol. The fourth-order valence-corrected chi connectivity index (χ4v) is 4.59. The van der Waals surface area contributed by atoms with Crippen molar-refractivity contribution in [3.63, 3.8) is 0 Å². The number of carbonyl (C=O) groups is 1. The third-order valence-electron chi connectivity index (χ3n) is 6.23. The van der Waals surface area contributed by atoms with Gasteiger partial charge in [-0.1, -0.05) is 63.4 Å². The number of aromatic nitrogens is 2. The lowest BCUT2D eigenvalue weighted by Gasteiger charge is -2.38. The van der Waals surface area contributed by atoms with Crippen LogP contribution in [0.15, 0.2) is 30.3 Å². The highest BCUT2D eigenvalue weighted by atomic mass is 16.1. The number of carbonyl (C=O) groups excluding carboxylic acids is 1. The van der Waals surface area contributed by atoms with Crippen LogP contribution < -0.4 is 5.32 Å². The summed E-state index contributed by atoms with van der Waals surface area (Å²) in [5.74, 6) is 0.646. The van der Waals surface area contributed by atoms with E-state index in [-0.39, 0.29) is 11.3 Å². The Bertz CT molecular complexity index is 786. The Morgan fingerprint density at radius 2 is 1.82 bits per heavy atom. The average molecular weight is 382 g/mol. The minimum atomic E-state index is 0.0844. The fraction of sp³-hybridized carbons (Fsp3) is 0.583. The van der Waals surface area contributed by atoms with E-state index in [9.17, 15) is 4.79 Å². The Morgan fingerprint density at radius 1 is 1.14 bits per heavy atom. The molecule has 152 valence electrons. The molecule has 0 radical (unpaired) electrons. The van der Waals surface area contributed by atoms with Gasteiger partial charge in [0.05, 0.1) is 12.1 Å². The van der Waals surface area contributed by atoms with Crippen LogP contribution in [0.3, 0.4) is 0 Å². The predicted octanol–water partition coefficient (Wildman–Crippen LogP) is 4.72. The van der Waals surface area contributed by atoms with Crippen LogP contribution in [0.2, 0.25) is 0 Å². The standard InChI is InChI=1S/C24H35N3O/c1-18(2)16-27-20(4)22(19(3)26-27)15-23(28)25-17-24(13-9-6-10-14-24)21-11-7-5-8-12-21/h5,7-8,11-12,18H,6,9-10,13-17H2,1-4H3,(H,25,28). The lowest BCUT2D eigenvalue weighted by molar-refractivity contribution is -0.120. The van der Waals surface area contributed by atoms with Gasteiger partial charge in [-0.3, -0.25) is 9.48 Å². The molecule has 1 heterocycles. The van der Waals surface area contributed by atoms with Gasteiger partial charge in [-0.15, -0.1) is 0 Å². The first kappa shape index (κ1) is 20.6. The number of hydrogen-bond donors (Lipinski definition) is 1. The van der Waals surface area contributed by atoms with Gasteiger partial charge in [0.25, 0.3) is 0 Å². The van der Waals surface area contributed by atoms with Crippen LogP contribution in [0.25, 0.3) is 0 Å². The van der Waals surface area contributed by atoms with E-state index in [4.69, 9.17) is 0 Å². The molecule has 1 aliphatic carbocycles. The Labute approximate surface area is 169 Å². The Hall–Kier alpha value is -2.10. The normalized spacial score (nSPS) is 16.3. The molecule has 0 atom stereocenters. The molecule has 4 nitrogen and oxygen atoms in total. The SMILES string of the molecule is Cc1nn(CC(C)C)c(C)c1CC(=O)NCC1(c2ccccc2)CCCCC1. The monoisotopic (exact) mass is 381 g/mol. The average Bonchev–Trinajstić information content (AvgIpc) is 2.94. The minimum Gasteiger partial charge on any atom is -0.355 e. The topological polar surface area (TPSA) is 46.9 Å². The molecular formula is C24H35N3O. The summed E-state index contributed by atoms with van der Waals surface area (Å²) < 4.78 is 2.05. The highest BCUT2D eigenvalue weighted by Crippen LogP contribution is 2.38. The van der Waals surface area contributed by atoms with Crippen molar-refractivity contribution in [2.24, 2.45) is 5.92 Å². The second-order valence-electron chi connectivity index (χ2n) is 8.89. The number of aryl methyl sites for hydroxylation is 1. The molecule has 0 unspecified atom stereocenters. The second kappa shape index (κ2) is 8.93. The minimum absolute atomic E-state index is 0.0844. The van der Waals surface area contributed by atoms with Crippen molar-refractivity contribution in [2.75, 3.05) is 6.54 Å². The number of rotatable bonds is 7. The van der Waals surface area contributed by atoms with E-state index >= 15 is 0 Å². The van der Waals surface area contributed by atoms with Crippen LogP contribution in [0.1, 0.15) is 68.5 Å². The van der Waals surface area contributed by atoms with Gasteiger partial charge in [-0.05, 0) is 38.2 Å². The highest BCUT2D eigenvalue weighted by Gasteiger charge is 2.34. The van der Waals surface area contributed by atoms with Crippen LogP contribution in [-0.2, 0) is 23.2 Å². The van der Waals surface area contributed by atoms with Gasteiger partial charge in [0.15, 0.2) is 0 Å². The summed E-state index contributed by atoms with van der Waals surface area (Å²) in [6.45, 7) is 10.1. The molecule has 1 amide bonds. The molecule has 28 heavy (non-hydrogen) atoms. The number of nitrogens with one attached hydrogen (secondary N) is 1. The third-order valence-corrected chi connectivity index (χ3v) is 6.23. The van der Waals surface area contributed by atoms with E-state index < -0.39 is 0 Å². The maximum atomic E-state index is 12.8. The first-order valence-corrected chi connectivity index (χ1v) is 10.8. The van der Waals surface area contributed by atoms with Crippen LogP contribution >= 0.6 is 0 Å². The Morgan fingerprint density at radius 3 is 2.46 bits per heavy atom. The zero-order valence-corrected chi connectivity index (χ0v) is 17.9. The molecule has 0 saturated heterocycles. The summed E-state index contributed by atoms with van der Waals surface area (Å²) in [5.41, 5.74) is 4.63. The number of benzene rings is 1. The maximum Gasteiger partial charge on any atom is 0.224 e. The van der Waals surface area contributed by atoms with Gasteiger partial charge >= 0.3 is 0 Å². The molecule has 3 rings (SSSR count). The van der Waals surface area contributed by atoms with Gasteiger partial charge in [0.2, 0.25) is 5.91 Å². The summed E-state index contributed by atoms with van der Waals surface area (Å²) in [5, 5.41) is 7.92. The van der Waals surface area contributed by atoms with E-state index in [0.29, 0.717) is 12.3 Å². The summed E-state index contributed by atoms with van der Waals surface area (Å²) in [6, 6.07) is 10.7. The van der Waals surface area contributed by atoms with E-state index in [1.165, 1.54) is 24.8 Å². The summed E-state index contributed by atoms with van der Waals surface area (Å²) >= 11 is 0. The zero-order valence-electron chi connectivity index (χ0n) is 17.9. The molecule has 0 aliphatic heterocycles. The van der Waals surface area contributed by atoms with Crippen LogP contribution in [0.5, 0.6) is 0 Å². The molecule has 2 aromatic rings. The van der Waals surface area contributed by atoms with E-state index in [1.54, 1.807) is 0 Å². The number of amides is 1. The quantitative estimate of drug-likeness (QED) is 0.754. The van der Waals surface area contributed by atoms with Crippen molar-refractivity contribution in [3.8, 4) is 0 Å². The maximum absolute atomic E-state index is 12.8. The molecule has 1 saturated carbocycles. The zero-order chi connectivity index (χ0) is 20.1. The Balaban J connectivity index is 1.68. The van der Waals surface area contributed by atoms with Crippen LogP contribution in [0, 0.1) is 19.8 Å². The van der Waals surface area contributed by atoms with Crippen molar-refractivity contribution in [1.82, 2.24) is 15.1 Å². The first-order valence-electron chi connectivity index (χ1n) is 10.8. The van der Waals surface area contributed by atoms with Gasteiger partial charge in [0, 0.05) is 29.8 Å². The van der Waals surface area contributed by atoms with Crippen molar-refractivity contribution >= 4 is 5.91 Å². The summed E-state index contributed by atoms with van der Waals surface area (Å²) in [7, 11) is 0. The molecule has 1 aliphatic rings. The Kier molecular flexibility index (Phi) is 6.58. The first-order chi connectivity index (χ1) is 13.4. The summed E-state index contributed by atoms with van der Waals surface area (Å²) in [4.78, 5) is 12.8. The molecule has 0 bridgehead atoms. The third kappa shape index (κ3) is 4.65. The molecule has 0 spiro atoms. The molecule has 1 fully saturated rings. The highest BCUT2D eigenvalue weighted by molar-refractivity contribution is 5.79. The lowest BCUT2D eigenvalue weighted by atomic mass is 9.69. The van der Waals surface area contributed by atoms with E-state index in [1.807, 2.05) is 6.92 Å². The molecule has 4 heteroatoms. The van der Waals surface area contributed by atoms with Crippen LogP contribution in [0.4, 0.5) is 0 Å². The van der Waals surface area contributed by atoms with E-state index in [2.05, 4.69) is 66.2 Å². The van der Waals surface area contributed by atoms with Crippen molar-refractivity contribution in [1.29, 1.82) is 0 Å². The van der Waals surface area contributed by atoms with E-state index in [0.717, 1.165) is 42.9 Å². The molecule has 1 N–H and O–H groups in total. The molecular weight excluding hydrogens is 346 g/mol. The largest absolute Gasteiger partial charge is 0.355 e. The van der Waals surface area contributed by atoms with Gasteiger partial charge < -0.3 is 5.32 Å². The van der Waals surface area contributed by atoms with Crippen molar-refractivity contribution in [3.05, 3.63) is 52.8 Å². The van der Waals surface area contributed by atoms with Gasteiger partial charge in [-0.2, -0.15) is 5.10 Å². The smallest absolute Gasteiger partial charge is 0.224 e.